The lowest BCUT2D eigenvalue weighted by Gasteiger charge is -2.13. The number of likely N-dealkylation sites (N-methyl/N-ethyl adjacent to an activating group) is 1. The molecule has 0 saturated heterocycles. The Kier molecular flexibility index (Phi) is 5.55. The third-order valence-corrected chi connectivity index (χ3v) is 3.20. The number of aromatic nitrogens is 2. The van der Waals surface area contributed by atoms with Gasteiger partial charge in [-0.15, -0.1) is 0 Å². The Morgan fingerprint density at radius 3 is 2.58 bits per heavy atom. The zero-order valence-electron chi connectivity index (χ0n) is 12.8. The largest absolute Gasteiger partial charge is 0.434 e. The van der Waals surface area contributed by atoms with Crippen LogP contribution in [0.1, 0.15) is 23.0 Å². The molecular weight excluding hydrogens is 328 g/mol. The van der Waals surface area contributed by atoms with Crippen molar-refractivity contribution in [3.05, 3.63) is 47.5 Å². The molecule has 2 aromatic rings. The first-order valence-electron chi connectivity index (χ1n) is 7.25. The SMILES string of the molecule is CCNCCNC(=O)c1cnn(-c2ccccc2F)c1C(F)(F)F. The molecule has 2 rings (SSSR count). The van der Waals surface area contributed by atoms with Crippen LogP contribution in [0.15, 0.2) is 30.5 Å². The van der Waals surface area contributed by atoms with Crippen molar-refractivity contribution in [3.8, 4) is 5.69 Å². The number of hydrogen-bond acceptors (Lipinski definition) is 3. The molecule has 1 aromatic heterocycles. The number of carbonyl (C=O) groups is 1. The Bertz CT molecular complexity index is 712. The molecule has 1 amide bonds. The van der Waals surface area contributed by atoms with Crippen molar-refractivity contribution < 1.29 is 22.4 Å². The van der Waals surface area contributed by atoms with Gasteiger partial charge in [0.05, 0.1) is 11.8 Å². The summed E-state index contributed by atoms with van der Waals surface area (Å²) in [6.07, 6.45) is -4.08. The number of halogens is 4. The van der Waals surface area contributed by atoms with Crippen LogP contribution in [0.5, 0.6) is 0 Å². The van der Waals surface area contributed by atoms with E-state index in [9.17, 15) is 22.4 Å². The van der Waals surface area contributed by atoms with E-state index in [-0.39, 0.29) is 12.2 Å². The van der Waals surface area contributed by atoms with E-state index in [0.717, 1.165) is 18.3 Å². The zero-order valence-corrected chi connectivity index (χ0v) is 12.8. The number of para-hydroxylation sites is 1. The predicted octanol–water partition coefficient (Wildman–Crippen LogP) is 2.37. The summed E-state index contributed by atoms with van der Waals surface area (Å²) in [5, 5.41) is 8.87. The molecule has 0 radical (unpaired) electrons. The third kappa shape index (κ3) is 3.91. The molecule has 0 aliphatic rings. The van der Waals surface area contributed by atoms with Gasteiger partial charge in [0, 0.05) is 13.1 Å². The lowest BCUT2D eigenvalue weighted by atomic mass is 10.2. The molecule has 5 nitrogen and oxygen atoms in total. The number of nitrogens with zero attached hydrogens (tertiary/aromatic N) is 2. The second-order valence-corrected chi connectivity index (χ2v) is 4.88. The molecule has 9 heteroatoms. The zero-order chi connectivity index (χ0) is 17.7. The van der Waals surface area contributed by atoms with Crippen molar-refractivity contribution >= 4 is 5.91 Å². The quantitative estimate of drug-likeness (QED) is 0.625. The summed E-state index contributed by atoms with van der Waals surface area (Å²) in [7, 11) is 0. The van der Waals surface area contributed by atoms with Gasteiger partial charge in [0.2, 0.25) is 0 Å². The number of carbonyl (C=O) groups excluding carboxylic acids is 1. The van der Waals surface area contributed by atoms with Crippen LogP contribution in [0, 0.1) is 5.82 Å². The maximum absolute atomic E-state index is 13.8. The van der Waals surface area contributed by atoms with E-state index in [1.54, 1.807) is 0 Å². The van der Waals surface area contributed by atoms with Crippen LogP contribution < -0.4 is 10.6 Å². The fourth-order valence-electron chi connectivity index (χ4n) is 2.13. The lowest BCUT2D eigenvalue weighted by Crippen LogP contribution is -2.33. The first-order valence-corrected chi connectivity index (χ1v) is 7.25. The van der Waals surface area contributed by atoms with E-state index >= 15 is 0 Å². The van der Waals surface area contributed by atoms with Gasteiger partial charge >= 0.3 is 6.18 Å². The van der Waals surface area contributed by atoms with Gasteiger partial charge in [0.15, 0.2) is 5.69 Å². The second-order valence-electron chi connectivity index (χ2n) is 4.88. The fraction of sp³-hybridized carbons (Fsp3) is 0.333. The minimum atomic E-state index is -4.87. The molecule has 24 heavy (non-hydrogen) atoms. The van der Waals surface area contributed by atoms with Crippen LogP contribution >= 0.6 is 0 Å². The third-order valence-electron chi connectivity index (χ3n) is 3.20. The highest BCUT2D eigenvalue weighted by molar-refractivity contribution is 5.95. The number of benzene rings is 1. The Labute approximate surface area is 135 Å². The van der Waals surface area contributed by atoms with E-state index in [4.69, 9.17) is 0 Å². The highest BCUT2D eigenvalue weighted by atomic mass is 19.4. The van der Waals surface area contributed by atoms with E-state index in [1.807, 2.05) is 6.92 Å². The number of hydrogen-bond donors (Lipinski definition) is 2. The van der Waals surface area contributed by atoms with Crippen molar-refractivity contribution in [1.82, 2.24) is 20.4 Å². The normalized spacial score (nSPS) is 11.5. The van der Waals surface area contributed by atoms with E-state index in [0.29, 0.717) is 17.8 Å². The summed E-state index contributed by atoms with van der Waals surface area (Å²) < 4.78 is 54.4. The van der Waals surface area contributed by atoms with Crippen LogP contribution in [0.4, 0.5) is 17.6 Å². The first kappa shape index (κ1) is 17.9. The van der Waals surface area contributed by atoms with Crippen molar-refractivity contribution in [2.75, 3.05) is 19.6 Å². The Morgan fingerprint density at radius 1 is 1.25 bits per heavy atom. The van der Waals surface area contributed by atoms with Crippen LogP contribution in [-0.2, 0) is 6.18 Å². The smallest absolute Gasteiger partial charge is 0.351 e. The maximum atomic E-state index is 13.8. The molecular formula is C15H16F4N4O. The molecule has 0 fully saturated rings. The molecule has 0 saturated carbocycles. The summed E-state index contributed by atoms with van der Waals surface area (Å²) in [6, 6.07) is 4.91. The molecule has 0 spiro atoms. The molecule has 1 heterocycles. The van der Waals surface area contributed by atoms with Gasteiger partial charge in [-0.1, -0.05) is 19.1 Å². The number of amides is 1. The van der Waals surface area contributed by atoms with Crippen LogP contribution in [0.3, 0.4) is 0 Å². The minimum Gasteiger partial charge on any atom is -0.351 e. The van der Waals surface area contributed by atoms with Crippen LogP contribution in [0.25, 0.3) is 5.69 Å². The number of nitrogens with one attached hydrogen (secondary N) is 2. The predicted molar refractivity (Wildman–Crippen MR) is 79.4 cm³/mol. The monoisotopic (exact) mass is 344 g/mol. The van der Waals surface area contributed by atoms with Crippen molar-refractivity contribution in [2.24, 2.45) is 0 Å². The molecule has 1 aromatic carbocycles. The summed E-state index contributed by atoms with van der Waals surface area (Å²) in [6.45, 7) is 3.12. The molecule has 2 N–H and O–H groups in total. The molecule has 0 aliphatic heterocycles. The maximum Gasteiger partial charge on any atom is 0.434 e. The Hall–Kier alpha value is -2.42. The van der Waals surface area contributed by atoms with Crippen LogP contribution in [-0.4, -0.2) is 35.3 Å². The van der Waals surface area contributed by atoms with E-state index < -0.39 is 29.2 Å². The topological polar surface area (TPSA) is 58.9 Å². The van der Waals surface area contributed by atoms with E-state index in [1.165, 1.54) is 12.1 Å². The summed E-state index contributed by atoms with van der Waals surface area (Å²) in [4.78, 5) is 12.0. The summed E-state index contributed by atoms with van der Waals surface area (Å²) in [5.74, 6) is -1.78. The van der Waals surface area contributed by atoms with E-state index in [2.05, 4.69) is 15.7 Å². The van der Waals surface area contributed by atoms with Gasteiger partial charge in [-0.25, -0.2) is 9.07 Å². The Balaban J connectivity index is 2.37. The van der Waals surface area contributed by atoms with Crippen molar-refractivity contribution in [2.45, 2.75) is 13.1 Å². The number of rotatable bonds is 6. The second kappa shape index (κ2) is 7.43. The average molecular weight is 344 g/mol. The van der Waals surface area contributed by atoms with Crippen LogP contribution in [0.2, 0.25) is 0 Å². The lowest BCUT2D eigenvalue weighted by molar-refractivity contribution is -0.143. The van der Waals surface area contributed by atoms with Crippen molar-refractivity contribution in [3.63, 3.8) is 0 Å². The standard InChI is InChI=1S/C15H16F4N4O/c1-2-20-7-8-21-14(24)10-9-22-23(13(10)15(17,18)19)12-6-4-3-5-11(12)16/h3-6,9,20H,2,7-8H2,1H3,(H,21,24). The average Bonchev–Trinajstić information content (AvgIpc) is 2.97. The van der Waals surface area contributed by atoms with Gasteiger partial charge in [-0.3, -0.25) is 4.79 Å². The molecule has 130 valence electrons. The first-order chi connectivity index (χ1) is 11.4. The Morgan fingerprint density at radius 2 is 1.96 bits per heavy atom. The van der Waals surface area contributed by atoms with Gasteiger partial charge < -0.3 is 10.6 Å². The highest BCUT2D eigenvalue weighted by Gasteiger charge is 2.40. The van der Waals surface area contributed by atoms with Gasteiger partial charge in [-0.2, -0.15) is 18.3 Å². The van der Waals surface area contributed by atoms with Gasteiger partial charge in [-0.05, 0) is 18.7 Å². The van der Waals surface area contributed by atoms with Gasteiger partial charge in [0.1, 0.15) is 11.5 Å². The molecule has 0 aliphatic carbocycles. The highest BCUT2D eigenvalue weighted by Crippen LogP contribution is 2.34. The summed E-state index contributed by atoms with van der Waals surface area (Å²) in [5.41, 5.74) is -2.34. The van der Waals surface area contributed by atoms with Crippen molar-refractivity contribution in [1.29, 1.82) is 0 Å². The molecule has 0 atom stereocenters. The fourth-order valence-corrected chi connectivity index (χ4v) is 2.13. The minimum absolute atomic E-state index is 0.162. The summed E-state index contributed by atoms with van der Waals surface area (Å²) >= 11 is 0. The molecule has 0 unspecified atom stereocenters. The number of alkyl halides is 3. The molecule has 0 bridgehead atoms. The van der Waals surface area contributed by atoms with Gasteiger partial charge in [0.25, 0.3) is 5.91 Å².